The third-order valence-electron chi connectivity index (χ3n) is 4.54. The number of benzene rings is 2. The highest BCUT2D eigenvalue weighted by molar-refractivity contribution is 6.02. The average Bonchev–Trinajstić information content (AvgIpc) is 3.32. The minimum Gasteiger partial charge on any atom is -0.494 e. The van der Waals surface area contributed by atoms with Gasteiger partial charge in [0.1, 0.15) is 11.6 Å². The molecule has 8 heteroatoms. The van der Waals surface area contributed by atoms with Gasteiger partial charge < -0.3 is 20.0 Å². The second-order valence-corrected chi connectivity index (χ2v) is 6.58. The fraction of sp³-hybridized carbons (Fsp3) is 0.143. The molecule has 0 aliphatic rings. The van der Waals surface area contributed by atoms with Crippen molar-refractivity contribution in [3.63, 3.8) is 0 Å². The summed E-state index contributed by atoms with van der Waals surface area (Å²) in [6, 6.07) is 8.74. The number of imidazole rings is 1. The molecule has 0 fully saturated rings. The maximum atomic E-state index is 14.3. The molecule has 0 bridgehead atoms. The van der Waals surface area contributed by atoms with Crippen LogP contribution in [0.3, 0.4) is 0 Å². The van der Waals surface area contributed by atoms with Crippen molar-refractivity contribution < 1.29 is 13.9 Å². The number of rotatable bonds is 7. The second-order valence-electron chi connectivity index (χ2n) is 6.58. The molecule has 29 heavy (non-hydrogen) atoms. The monoisotopic (exact) mass is 395 g/mol. The van der Waals surface area contributed by atoms with E-state index in [-0.39, 0.29) is 5.88 Å². The van der Waals surface area contributed by atoms with Crippen LogP contribution >= 0.6 is 0 Å². The molecule has 0 amide bonds. The van der Waals surface area contributed by atoms with E-state index >= 15 is 0 Å². The SMILES string of the molecule is Oc1[nH]c2ccc(F)cc2c1C=Nc1ccc(NCCCn2ccnc2)c(F)c1. The van der Waals surface area contributed by atoms with Crippen LogP contribution in [0.4, 0.5) is 20.2 Å². The van der Waals surface area contributed by atoms with Crippen molar-refractivity contribution in [2.24, 2.45) is 4.99 Å². The Morgan fingerprint density at radius 3 is 2.90 bits per heavy atom. The van der Waals surface area contributed by atoms with Crippen molar-refractivity contribution in [3.05, 3.63) is 72.3 Å². The van der Waals surface area contributed by atoms with Gasteiger partial charge in [0.05, 0.1) is 23.3 Å². The van der Waals surface area contributed by atoms with Crippen molar-refractivity contribution >= 4 is 28.5 Å². The molecule has 0 saturated carbocycles. The lowest BCUT2D eigenvalue weighted by Gasteiger charge is -2.08. The molecule has 0 radical (unpaired) electrons. The van der Waals surface area contributed by atoms with Crippen LogP contribution in [0, 0.1) is 11.6 Å². The molecule has 0 saturated heterocycles. The van der Waals surface area contributed by atoms with Crippen molar-refractivity contribution in [3.8, 4) is 5.88 Å². The standard InChI is InChI=1S/C21H19F2N5O/c22-14-2-4-19-16(10-14)17(21(29)27-19)12-26-15-3-5-20(18(23)11-15)25-6-1-8-28-9-7-24-13-28/h2-5,7,9-13,25,27,29H,1,6,8H2. The summed E-state index contributed by atoms with van der Waals surface area (Å²) in [6.45, 7) is 1.41. The van der Waals surface area contributed by atoms with Gasteiger partial charge in [0.2, 0.25) is 0 Å². The number of aryl methyl sites for hydroxylation is 1. The lowest BCUT2D eigenvalue weighted by molar-refractivity contribution is 0.457. The molecular weight excluding hydrogens is 376 g/mol. The summed E-state index contributed by atoms with van der Waals surface area (Å²) >= 11 is 0. The lowest BCUT2D eigenvalue weighted by Crippen LogP contribution is -2.06. The first-order valence-corrected chi connectivity index (χ1v) is 9.13. The number of halogens is 2. The number of nitrogens with one attached hydrogen (secondary N) is 2. The van der Waals surface area contributed by atoms with Gasteiger partial charge in [-0.15, -0.1) is 0 Å². The molecule has 0 unspecified atom stereocenters. The maximum absolute atomic E-state index is 14.3. The first-order valence-electron chi connectivity index (χ1n) is 9.13. The van der Waals surface area contributed by atoms with Crippen LogP contribution in [0.5, 0.6) is 5.88 Å². The van der Waals surface area contributed by atoms with E-state index in [1.807, 2.05) is 10.8 Å². The van der Waals surface area contributed by atoms with Crippen LogP contribution in [0.1, 0.15) is 12.0 Å². The minimum absolute atomic E-state index is 0.119. The van der Waals surface area contributed by atoms with Crippen molar-refractivity contribution in [1.29, 1.82) is 0 Å². The Morgan fingerprint density at radius 1 is 1.21 bits per heavy atom. The number of hydrogen-bond donors (Lipinski definition) is 3. The molecule has 4 rings (SSSR count). The predicted molar refractivity (Wildman–Crippen MR) is 109 cm³/mol. The fourth-order valence-corrected chi connectivity index (χ4v) is 3.07. The number of hydrogen-bond acceptors (Lipinski definition) is 4. The number of aromatic nitrogens is 3. The van der Waals surface area contributed by atoms with Gasteiger partial charge in [0.25, 0.3) is 0 Å². The summed E-state index contributed by atoms with van der Waals surface area (Å²) in [6.07, 6.45) is 7.56. The quantitative estimate of drug-likeness (QED) is 0.316. The molecule has 4 aromatic rings. The Labute approximate surface area is 165 Å². The number of anilines is 1. The molecule has 2 aromatic heterocycles. The molecule has 3 N–H and O–H groups in total. The molecule has 0 atom stereocenters. The number of aromatic amines is 1. The van der Waals surface area contributed by atoms with Gasteiger partial charge in [-0.05, 0) is 36.8 Å². The number of H-pyrrole nitrogens is 1. The van der Waals surface area contributed by atoms with Crippen LogP contribution in [-0.2, 0) is 6.54 Å². The van der Waals surface area contributed by atoms with E-state index in [1.165, 1.54) is 30.5 Å². The zero-order valence-electron chi connectivity index (χ0n) is 15.4. The Morgan fingerprint density at radius 2 is 2.10 bits per heavy atom. The van der Waals surface area contributed by atoms with Gasteiger partial charge in [-0.1, -0.05) is 0 Å². The lowest BCUT2D eigenvalue weighted by atomic mass is 10.2. The molecule has 0 aliphatic heterocycles. The molecule has 2 heterocycles. The highest BCUT2D eigenvalue weighted by Gasteiger charge is 2.10. The van der Waals surface area contributed by atoms with Crippen LogP contribution < -0.4 is 5.32 Å². The summed E-state index contributed by atoms with van der Waals surface area (Å²) in [5, 5.41) is 13.6. The summed E-state index contributed by atoms with van der Waals surface area (Å²) in [5.41, 5.74) is 1.72. The first-order chi connectivity index (χ1) is 14.1. The van der Waals surface area contributed by atoms with E-state index in [4.69, 9.17) is 0 Å². The Bertz CT molecular complexity index is 1150. The Kier molecular flexibility index (Phi) is 5.24. The maximum Gasteiger partial charge on any atom is 0.198 e. The van der Waals surface area contributed by atoms with Crippen LogP contribution in [0.2, 0.25) is 0 Å². The zero-order chi connectivity index (χ0) is 20.2. The normalized spacial score (nSPS) is 11.5. The van der Waals surface area contributed by atoms with E-state index in [0.717, 1.165) is 13.0 Å². The van der Waals surface area contributed by atoms with Crippen molar-refractivity contribution in [2.45, 2.75) is 13.0 Å². The van der Waals surface area contributed by atoms with E-state index in [1.54, 1.807) is 24.7 Å². The molecule has 2 aromatic carbocycles. The van der Waals surface area contributed by atoms with E-state index in [9.17, 15) is 13.9 Å². The zero-order valence-corrected chi connectivity index (χ0v) is 15.4. The van der Waals surface area contributed by atoms with Gasteiger partial charge in [-0.2, -0.15) is 0 Å². The van der Waals surface area contributed by atoms with Crippen LogP contribution in [-0.4, -0.2) is 32.4 Å². The smallest absolute Gasteiger partial charge is 0.198 e. The highest BCUT2D eigenvalue weighted by atomic mass is 19.1. The summed E-state index contributed by atoms with van der Waals surface area (Å²) < 4.78 is 29.8. The van der Waals surface area contributed by atoms with Gasteiger partial charge in [-0.25, -0.2) is 13.8 Å². The third-order valence-corrected chi connectivity index (χ3v) is 4.54. The number of nitrogens with zero attached hydrogens (tertiary/aromatic N) is 3. The molecule has 148 valence electrons. The average molecular weight is 395 g/mol. The topological polar surface area (TPSA) is 78.2 Å². The van der Waals surface area contributed by atoms with Gasteiger partial charge in [-0.3, -0.25) is 4.99 Å². The fourth-order valence-electron chi connectivity index (χ4n) is 3.07. The number of fused-ring (bicyclic) bond motifs is 1. The third kappa shape index (κ3) is 4.26. The van der Waals surface area contributed by atoms with Crippen molar-refractivity contribution in [1.82, 2.24) is 14.5 Å². The second kappa shape index (κ2) is 8.14. The van der Waals surface area contributed by atoms with Crippen molar-refractivity contribution in [2.75, 3.05) is 11.9 Å². The van der Waals surface area contributed by atoms with Gasteiger partial charge in [0, 0.05) is 48.7 Å². The van der Waals surface area contributed by atoms with E-state index in [2.05, 4.69) is 20.3 Å². The molecule has 6 nitrogen and oxygen atoms in total. The van der Waals surface area contributed by atoms with E-state index in [0.29, 0.717) is 34.4 Å². The van der Waals surface area contributed by atoms with E-state index < -0.39 is 11.6 Å². The summed E-state index contributed by atoms with van der Waals surface area (Å²) in [4.78, 5) is 11.0. The predicted octanol–water partition coefficient (Wildman–Crippen LogP) is 4.60. The summed E-state index contributed by atoms with van der Waals surface area (Å²) in [7, 11) is 0. The first kappa shape index (κ1) is 18.7. The van der Waals surface area contributed by atoms with Gasteiger partial charge >= 0.3 is 0 Å². The summed E-state index contributed by atoms with van der Waals surface area (Å²) in [5.74, 6) is -0.955. The van der Waals surface area contributed by atoms with Gasteiger partial charge in [0.15, 0.2) is 5.88 Å². The molecular formula is C21H19F2N5O. The number of aliphatic imine (C=N–C) groups is 1. The van der Waals surface area contributed by atoms with Crippen LogP contribution in [0.15, 0.2) is 60.1 Å². The largest absolute Gasteiger partial charge is 0.494 e. The molecule has 0 aliphatic carbocycles. The Hall–Kier alpha value is -3.68. The molecule has 0 spiro atoms. The Balaban J connectivity index is 1.43. The highest BCUT2D eigenvalue weighted by Crippen LogP contribution is 2.27. The number of aromatic hydroxyl groups is 1. The minimum atomic E-state index is -0.420. The van der Waals surface area contributed by atoms with Crippen LogP contribution in [0.25, 0.3) is 10.9 Å².